The van der Waals surface area contributed by atoms with E-state index in [4.69, 9.17) is 26.3 Å². The highest BCUT2D eigenvalue weighted by atomic mass is 35.5. The molecule has 0 radical (unpaired) electrons. The van der Waals surface area contributed by atoms with Crippen LogP contribution in [0.15, 0.2) is 12.1 Å². The van der Waals surface area contributed by atoms with Gasteiger partial charge in [0.1, 0.15) is 18.1 Å². The number of nitriles is 1. The van der Waals surface area contributed by atoms with Crippen LogP contribution in [0.25, 0.3) is 0 Å². The van der Waals surface area contributed by atoms with E-state index < -0.39 is 11.2 Å². The van der Waals surface area contributed by atoms with E-state index in [-0.39, 0.29) is 17.0 Å². The first-order valence-corrected chi connectivity index (χ1v) is 14.2. The van der Waals surface area contributed by atoms with Crippen molar-refractivity contribution in [2.24, 2.45) is 0 Å². The predicted molar refractivity (Wildman–Crippen MR) is 146 cm³/mol. The van der Waals surface area contributed by atoms with Gasteiger partial charge in [-0.1, -0.05) is 17.7 Å². The number of piperazine rings is 1. The number of likely N-dealkylation sites (N-methyl/N-ethyl adjacent to an activating group) is 1. The lowest BCUT2D eigenvalue weighted by atomic mass is 9.65. The number of benzene rings is 1. The molecule has 9 nitrogen and oxygen atoms in total. The number of nitrogens with zero attached hydrogens (tertiary/aromatic N) is 5. The van der Waals surface area contributed by atoms with Crippen LogP contribution in [0.3, 0.4) is 0 Å². The van der Waals surface area contributed by atoms with Gasteiger partial charge in [-0.05, 0) is 62.9 Å². The van der Waals surface area contributed by atoms with Gasteiger partial charge >= 0.3 is 6.01 Å². The zero-order valence-corrected chi connectivity index (χ0v) is 22.9. The second-order valence-corrected chi connectivity index (χ2v) is 11.5. The first kappa shape index (κ1) is 26.2. The summed E-state index contributed by atoms with van der Waals surface area (Å²) >= 11 is 6.38. The Kier molecular flexibility index (Phi) is 7.08. The van der Waals surface area contributed by atoms with Gasteiger partial charge in [-0.2, -0.15) is 15.2 Å². The van der Waals surface area contributed by atoms with Gasteiger partial charge in [0.2, 0.25) is 5.91 Å². The molecule has 11 heteroatoms. The van der Waals surface area contributed by atoms with Crippen LogP contribution in [0.4, 0.5) is 15.9 Å². The highest BCUT2D eigenvalue weighted by Gasteiger charge is 2.49. The maximum absolute atomic E-state index is 14.3. The maximum atomic E-state index is 14.3. The molecule has 3 aliphatic heterocycles. The van der Waals surface area contributed by atoms with Gasteiger partial charge in [0, 0.05) is 38.1 Å². The Balaban J connectivity index is 1.39. The number of carbonyl (C=O) groups is 1. The highest BCUT2D eigenvalue weighted by molar-refractivity contribution is 6.31. The van der Waals surface area contributed by atoms with Crippen LogP contribution in [0, 0.1) is 17.1 Å². The third-order valence-electron chi connectivity index (χ3n) is 8.80. The molecule has 39 heavy (non-hydrogen) atoms. The Morgan fingerprint density at radius 3 is 2.97 bits per heavy atom. The zero-order chi connectivity index (χ0) is 27.1. The summed E-state index contributed by atoms with van der Waals surface area (Å²) in [6, 6.07) is 5.90. The van der Waals surface area contributed by atoms with Gasteiger partial charge in [0.05, 0.1) is 28.6 Å². The fraction of sp³-hybridized carbons (Fsp3) is 0.571. The molecule has 1 aromatic heterocycles. The minimum Gasteiger partial charge on any atom is -0.462 e. The Hall–Kier alpha value is -3.00. The van der Waals surface area contributed by atoms with E-state index in [1.165, 1.54) is 6.07 Å². The number of fused-ring (bicyclic) bond motifs is 3. The van der Waals surface area contributed by atoms with Gasteiger partial charge in [-0.25, -0.2) is 4.39 Å². The normalized spacial score (nSPS) is 26.6. The second-order valence-electron chi connectivity index (χ2n) is 11.2. The van der Waals surface area contributed by atoms with E-state index in [0.717, 1.165) is 31.4 Å². The number of ether oxygens (including phenoxy) is 1. The lowest BCUT2D eigenvalue weighted by molar-refractivity contribution is -0.122. The third-order valence-corrected chi connectivity index (χ3v) is 9.21. The summed E-state index contributed by atoms with van der Waals surface area (Å²) in [4.78, 5) is 27.9. The molecule has 2 N–H and O–H groups in total. The minimum atomic E-state index is -0.890. The van der Waals surface area contributed by atoms with Crippen molar-refractivity contribution in [3.8, 4) is 12.1 Å². The van der Waals surface area contributed by atoms with Gasteiger partial charge < -0.3 is 25.2 Å². The summed E-state index contributed by atoms with van der Waals surface area (Å²) in [5, 5.41) is 15.9. The molecular formula is C28H33ClFN7O2. The Bertz CT molecular complexity index is 1330. The van der Waals surface area contributed by atoms with Gasteiger partial charge in [0.25, 0.3) is 0 Å². The standard InChI is InChI=1S/C28H33ClFN7O2/c1-36-12-3-4-18(36)16-39-27-33-22-14-28(9-2-5-19-20(28)6-7-21(30)23(19)29)26(38)34-24(22)25(35-27)37-13-11-32-17(15-37)8-10-31/h6-7,17-18,32H,2-5,8-9,11-16H2,1H3,(H,34,38)/t17-,18-,28?/m0/s1. The van der Waals surface area contributed by atoms with Crippen LogP contribution in [-0.2, 0) is 23.1 Å². The summed E-state index contributed by atoms with van der Waals surface area (Å²) in [5.74, 6) is 0.0101. The van der Waals surface area contributed by atoms with E-state index in [1.54, 1.807) is 6.07 Å². The van der Waals surface area contributed by atoms with Crippen LogP contribution >= 0.6 is 11.6 Å². The molecule has 206 valence electrons. The monoisotopic (exact) mass is 553 g/mol. The van der Waals surface area contributed by atoms with Gasteiger partial charge in [0.15, 0.2) is 5.82 Å². The number of aromatic nitrogens is 2. The topological polar surface area (TPSA) is 106 Å². The van der Waals surface area contributed by atoms with Crippen LogP contribution < -0.4 is 20.3 Å². The molecule has 1 unspecified atom stereocenters. The summed E-state index contributed by atoms with van der Waals surface area (Å²) in [6.45, 7) is 3.49. The smallest absolute Gasteiger partial charge is 0.318 e. The SMILES string of the molecule is CN1CCC[C@H]1COc1nc2c(c(N3CCN[C@@H](CC#N)C3)n1)NC(=O)C1(CCCc3c1ccc(F)c3Cl)C2. The van der Waals surface area contributed by atoms with E-state index in [0.29, 0.717) is 86.7 Å². The average molecular weight is 554 g/mol. The number of rotatable bonds is 5. The van der Waals surface area contributed by atoms with Gasteiger partial charge in [-0.3, -0.25) is 4.79 Å². The van der Waals surface area contributed by atoms with Crippen molar-refractivity contribution in [1.82, 2.24) is 20.2 Å². The summed E-state index contributed by atoms with van der Waals surface area (Å²) in [7, 11) is 2.10. The number of anilines is 2. The number of nitrogens with one attached hydrogen (secondary N) is 2. The van der Waals surface area contributed by atoms with Crippen molar-refractivity contribution in [2.75, 3.05) is 50.1 Å². The number of hydrogen-bond acceptors (Lipinski definition) is 8. The van der Waals surface area contributed by atoms with E-state index in [9.17, 15) is 14.4 Å². The summed E-state index contributed by atoms with van der Waals surface area (Å²) in [6.07, 6.45) is 4.91. The number of hydrogen-bond donors (Lipinski definition) is 2. The highest BCUT2D eigenvalue weighted by Crippen LogP contribution is 2.48. The molecule has 2 aromatic rings. The molecule has 1 spiro atoms. The number of carbonyl (C=O) groups excluding carboxylic acids is 1. The van der Waals surface area contributed by atoms with Crippen molar-refractivity contribution in [3.63, 3.8) is 0 Å². The van der Waals surface area contributed by atoms with Crippen LogP contribution in [0.5, 0.6) is 6.01 Å². The van der Waals surface area contributed by atoms with Crippen molar-refractivity contribution >= 4 is 29.0 Å². The molecule has 6 rings (SSSR count). The zero-order valence-electron chi connectivity index (χ0n) is 22.1. The van der Waals surface area contributed by atoms with E-state index in [2.05, 4.69) is 33.6 Å². The summed E-state index contributed by atoms with van der Waals surface area (Å²) < 4.78 is 20.5. The molecule has 4 aliphatic rings. The van der Waals surface area contributed by atoms with E-state index >= 15 is 0 Å². The van der Waals surface area contributed by atoms with Crippen molar-refractivity contribution in [1.29, 1.82) is 5.26 Å². The Morgan fingerprint density at radius 1 is 1.31 bits per heavy atom. The molecule has 3 atom stereocenters. The molecule has 1 aromatic carbocycles. The van der Waals surface area contributed by atoms with Crippen LogP contribution in [0.1, 0.15) is 48.9 Å². The number of amides is 1. The fourth-order valence-corrected chi connectivity index (χ4v) is 6.91. The first-order valence-electron chi connectivity index (χ1n) is 13.8. The quantitative estimate of drug-likeness (QED) is 0.581. The molecule has 0 saturated carbocycles. The lowest BCUT2D eigenvalue weighted by Crippen LogP contribution is -2.52. The van der Waals surface area contributed by atoms with Gasteiger partial charge in [-0.15, -0.1) is 0 Å². The van der Waals surface area contributed by atoms with Crippen LogP contribution in [-0.4, -0.2) is 72.7 Å². The predicted octanol–water partition coefficient (Wildman–Crippen LogP) is 3.20. The molecule has 2 fully saturated rings. The lowest BCUT2D eigenvalue weighted by Gasteiger charge is -2.42. The second kappa shape index (κ2) is 10.5. The molecule has 1 amide bonds. The van der Waals surface area contributed by atoms with Crippen LogP contribution in [0.2, 0.25) is 5.02 Å². The Morgan fingerprint density at radius 2 is 2.18 bits per heavy atom. The fourth-order valence-electron chi connectivity index (χ4n) is 6.65. The van der Waals surface area contributed by atoms with Crippen molar-refractivity contribution in [2.45, 2.75) is 62.4 Å². The average Bonchev–Trinajstić information content (AvgIpc) is 3.35. The number of likely N-dealkylation sites (tertiary alicyclic amines) is 1. The third kappa shape index (κ3) is 4.71. The molecule has 4 heterocycles. The Labute approximate surface area is 232 Å². The van der Waals surface area contributed by atoms with Crippen molar-refractivity contribution in [3.05, 3.63) is 39.8 Å². The molecule has 2 saturated heterocycles. The van der Waals surface area contributed by atoms with Crippen molar-refractivity contribution < 1.29 is 13.9 Å². The molecular weight excluding hydrogens is 521 g/mol. The minimum absolute atomic E-state index is 0.00114. The molecule has 1 aliphatic carbocycles. The summed E-state index contributed by atoms with van der Waals surface area (Å²) in [5.41, 5.74) is 1.89. The van der Waals surface area contributed by atoms with E-state index in [1.807, 2.05) is 0 Å². The first-order chi connectivity index (χ1) is 18.9. The molecule has 0 bridgehead atoms. The number of halogens is 2. The largest absolute Gasteiger partial charge is 0.462 e. The maximum Gasteiger partial charge on any atom is 0.318 e.